The molecule has 0 radical (unpaired) electrons. The van der Waals surface area contributed by atoms with Crippen molar-refractivity contribution < 1.29 is 32.5 Å². The Morgan fingerprint density at radius 3 is 2.31 bits per heavy atom. The van der Waals surface area contributed by atoms with Crippen LogP contribution in [-0.4, -0.2) is 16.7 Å². The van der Waals surface area contributed by atoms with Gasteiger partial charge in [0.2, 0.25) is 0 Å². The van der Waals surface area contributed by atoms with E-state index in [9.17, 15) is 22.8 Å². The van der Waals surface area contributed by atoms with Gasteiger partial charge in [0.1, 0.15) is 5.01 Å². The molecular weight excluding hydrogens is 527 g/mol. The van der Waals surface area contributed by atoms with E-state index in [0.717, 1.165) is 65.9 Å². The Hall–Kier alpha value is -3.20. The van der Waals surface area contributed by atoms with E-state index in [0.29, 0.717) is 34.7 Å². The minimum Gasteiger partial charge on any atom is -0.294 e. The van der Waals surface area contributed by atoms with Gasteiger partial charge in [0, 0.05) is 34.9 Å². The molecule has 9 heteroatoms. The lowest BCUT2D eigenvalue weighted by molar-refractivity contribution is -0.211. The third-order valence-electron chi connectivity index (χ3n) is 6.54. The lowest BCUT2D eigenvalue weighted by Crippen LogP contribution is -2.09. The van der Waals surface area contributed by atoms with E-state index in [-0.39, 0.29) is 12.2 Å². The third-order valence-corrected chi connectivity index (χ3v) is 7.74. The van der Waals surface area contributed by atoms with Crippen LogP contribution in [0.15, 0.2) is 36.4 Å². The van der Waals surface area contributed by atoms with E-state index < -0.39 is 17.7 Å². The quantitative estimate of drug-likeness (QED) is 0.0906. The molecule has 0 spiro atoms. The van der Waals surface area contributed by atoms with Crippen molar-refractivity contribution in [2.75, 3.05) is 0 Å². The van der Waals surface area contributed by atoms with Crippen LogP contribution < -0.4 is 4.89 Å². The molecular formula is C30H34F3NO4S. The van der Waals surface area contributed by atoms with Crippen molar-refractivity contribution in [3.63, 3.8) is 0 Å². The van der Waals surface area contributed by atoms with E-state index in [2.05, 4.69) is 11.8 Å². The minimum atomic E-state index is -4.39. The SMILES string of the molecule is CCCCCCc1nc(-c2ccc(C(F)(F)F)cc2)sc1CCC(=O)c1ccc(OOC(C)=O)c(C)c1CC. The molecule has 0 N–H and O–H groups in total. The van der Waals surface area contributed by atoms with Crippen LogP contribution >= 0.6 is 11.3 Å². The second-order valence-corrected chi connectivity index (χ2v) is 10.5. The highest BCUT2D eigenvalue weighted by atomic mass is 32.1. The molecule has 3 rings (SSSR count). The van der Waals surface area contributed by atoms with Crippen LogP contribution in [0.4, 0.5) is 13.2 Å². The van der Waals surface area contributed by atoms with Crippen LogP contribution in [0.3, 0.4) is 0 Å². The number of halogens is 3. The fourth-order valence-electron chi connectivity index (χ4n) is 4.43. The van der Waals surface area contributed by atoms with Gasteiger partial charge in [-0.3, -0.25) is 14.6 Å². The Labute approximate surface area is 231 Å². The summed E-state index contributed by atoms with van der Waals surface area (Å²) in [6.07, 6.45) is 2.02. The molecule has 210 valence electrons. The fraction of sp³-hybridized carbons (Fsp3) is 0.433. The highest BCUT2D eigenvalue weighted by molar-refractivity contribution is 7.15. The number of carbonyl (C=O) groups excluding carboxylic acids is 2. The molecule has 1 heterocycles. The number of thiazole rings is 1. The summed E-state index contributed by atoms with van der Waals surface area (Å²) in [5.41, 5.74) is 3.02. The number of carbonyl (C=O) groups is 2. The normalized spacial score (nSPS) is 11.5. The van der Waals surface area contributed by atoms with Crippen LogP contribution in [-0.2, 0) is 35.1 Å². The number of nitrogens with zero attached hydrogens (tertiary/aromatic N) is 1. The molecule has 2 aromatic carbocycles. The summed E-state index contributed by atoms with van der Waals surface area (Å²) in [5, 5.41) is 0.661. The first-order valence-corrected chi connectivity index (χ1v) is 14.0. The highest BCUT2D eigenvalue weighted by Crippen LogP contribution is 2.34. The molecule has 0 aliphatic carbocycles. The van der Waals surface area contributed by atoms with Crippen LogP contribution in [0.25, 0.3) is 10.6 Å². The molecule has 1 aromatic heterocycles. The van der Waals surface area contributed by atoms with E-state index in [1.54, 1.807) is 12.1 Å². The molecule has 0 fully saturated rings. The summed E-state index contributed by atoms with van der Waals surface area (Å²) in [7, 11) is 0. The van der Waals surface area contributed by atoms with Gasteiger partial charge in [-0.25, -0.2) is 9.78 Å². The molecule has 0 saturated carbocycles. The van der Waals surface area contributed by atoms with E-state index in [1.165, 1.54) is 30.4 Å². The number of aryl methyl sites for hydroxylation is 2. The summed E-state index contributed by atoms with van der Waals surface area (Å²) < 4.78 is 39.0. The van der Waals surface area contributed by atoms with Gasteiger partial charge < -0.3 is 0 Å². The monoisotopic (exact) mass is 561 g/mol. The molecule has 0 saturated heterocycles. The number of Topliss-reactive ketones (excluding diaryl/α,β-unsaturated/α-hetero) is 1. The van der Waals surface area contributed by atoms with Gasteiger partial charge in [0.05, 0.1) is 11.3 Å². The molecule has 0 aliphatic rings. The maximum Gasteiger partial charge on any atom is 0.416 e. The molecule has 5 nitrogen and oxygen atoms in total. The summed E-state index contributed by atoms with van der Waals surface area (Å²) >= 11 is 1.44. The molecule has 0 aliphatic heterocycles. The average molecular weight is 562 g/mol. The van der Waals surface area contributed by atoms with Gasteiger partial charge in [-0.15, -0.1) is 11.3 Å². The van der Waals surface area contributed by atoms with Crippen molar-refractivity contribution in [2.24, 2.45) is 0 Å². The number of hydrogen-bond acceptors (Lipinski definition) is 6. The topological polar surface area (TPSA) is 65.5 Å². The maximum absolute atomic E-state index is 13.3. The largest absolute Gasteiger partial charge is 0.416 e. The standard InChI is InChI=1S/C30H34F3NO4S/c1-5-7-8-9-10-25-28(39-29(34-25)21-11-13-22(14-12-21)30(31,32)33)18-16-26(36)24-15-17-27(38-37-20(4)35)19(3)23(24)6-2/h11-15,17H,5-10,16,18H2,1-4H3. The summed E-state index contributed by atoms with van der Waals surface area (Å²) in [6.45, 7) is 7.16. The Bertz CT molecular complexity index is 1280. The predicted octanol–water partition coefficient (Wildman–Crippen LogP) is 8.49. The van der Waals surface area contributed by atoms with Crippen LogP contribution in [0.5, 0.6) is 5.75 Å². The van der Waals surface area contributed by atoms with Crippen molar-refractivity contribution >= 4 is 23.1 Å². The second-order valence-electron chi connectivity index (χ2n) is 9.42. The lowest BCUT2D eigenvalue weighted by atomic mass is 9.94. The number of unbranched alkanes of at least 4 members (excludes halogenated alkanes) is 3. The van der Waals surface area contributed by atoms with Gasteiger partial charge >= 0.3 is 12.1 Å². The van der Waals surface area contributed by atoms with Crippen LogP contribution in [0, 0.1) is 6.92 Å². The Morgan fingerprint density at radius 1 is 0.974 bits per heavy atom. The number of aromatic nitrogens is 1. The van der Waals surface area contributed by atoms with Gasteiger partial charge in [0.25, 0.3) is 0 Å². The van der Waals surface area contributed by atoms with E-state index in [1.807, 2.05) is 13.8 Å². The maximum atomic E-state index is 13.3. The highest BCUT2D eigenvalue weighted by Gasteiger charge is 2.30. The van der Waals surface area contributed by atoms with Crippen molar-refractivity contribution in [1.29, 1.82) is 0 Å². The molecule has 0 amide bonds. The number of rotatable bonds is 13. The van der Waals surface area contributed by atoms with Gasteiger partial charge in [-0.2, -0.15) is 13.2 Å². The smallest absolute Gasteiger partial charge is 0.294 e. The fourth-order valence-corrected chi connectivity index (χ4v) is 5.54. The predicted molar refractivity (Wildman–Crippen MR) is 146 cm³/mol. The first-order chi connectivity index (χ1) is 18.5. The summed E-state index contributed by atoms with van der Waals surface area (Å²) in [5.74, 6) is -0.203. The number of benzene rings is 2. The molecule has 0 unspecified atom stereocenters. The number of ketones is 1. The van der Waals surface area contributed by atoms with Gasteiger partial charge in [0.15, 0.2) is 11.5 Å². The van der Waals surface area contributed by atoms with Crippen LogP contribution in [0.2, 0.25) is 0 Å². The minimum absolute atomic E-state index is 0.0181. The van der Waals surface area contributed by atoms with Crippen LogP contribution in [0.1, 0.15) is 90.5 Å². The zero-order valence-corrected chi connectivity index (χ0v) is 23.6. The van der Waals surface area contributed by atoms with E-state index >= 15 is 0 Å². The zero-order chi connectivity index (χ0) is 28.6. The van der Waals surface area contributed by atoms with Crippen molar-refractivity contribution in [1.82, 2.24) is 4.98 Å². The lowest BCUT2D eigenvalue weighted by Gasteiger charge is -2.14. The Balaban J connectivity index is 1.81. The first-order valence-electron chi connectivity index (χ1n) is 13.2. The van der Waals surface area contributed by atoms with Crippen molar-refractivity contribution in [3.05, 3.63) is 69.2 Å². The summed E-state index contributed by atoms with van der Waals surface area (Å²) in [6, 6.07) is 8.37. The summed E-state index contributed by atoms with van der Waals surface area (Å²) in [4.78, 5) is 39.9. The van der Waals surface area contributed by atoms with E-state index in [4.69, 9.17) is 9.87 Å². The van der Waals surface area contributed by atoms with Gasteiger partial charge in [-0.05, 0) is 62.4 Å². The molecule has 0 atom stereocenters. The first kappa shape index (κ1) is 30.3. The van der Waals surface area contributed by atoms with Gasteiger partial charge in [-0.1, -0.05) is 45.2 Å². The third kappa shape index (κ3) is 8.14. The second kappa shape index (κ2) is 13.7. The number of alkyl halides is 3. The zero-order valence-electron chi connectivity index (χ0n) is 22.7. The molecule has 39 heavy (non-hydrogen) atoms. The van der Waals surface area contributed by atoms with Crippen molar-refractivity contribution in [2.45, 2.75) is 85.2 Å². The van der Waals surface area contributed by atoms with Crippen molar-refractivity contribution in [3.8, 4) is 16.3 Å². The average Bonchev–Trinajstić information content (AvgIpc) is 3.31. The molecule has 0 bridgehead atoms. The molecule has 3 aromatic rings. The Morgan fingerprint density at radius 2 is 1.69 bits per heavy atom. The number of hydrogen-bond donors (Lipinski definition) is 0. The Kier molecular flexibility index (Phi) is 10.7.